The number of carbonyl (C=O) groups excluding carboxylic acids is 1. The molecule has 2 aliphatic rings. The van der Waals surface area contributed by atoms with E-state index >= 15 is 0 Å². The zero-order valence-corrected chi connectivity index (χ0v) is 15.4. The van der Waals surface area contributed by atoms with Crippen molar-refractivity contribution in [3.8, 4) is 0 Å². The lowest BCUT2D eigenvalue weighted by Crippen LogP contribution is -2.45. The Kier molecular flexibility index (Phi) is 3.45. The molecule has 1 fully saturated rings. The van der Waals surface area contributed by atoms with Crippen LogP contribution in [0.3, 0.4) is 0 Å². The third kappa shape index (κ3) is 2.45. The van der Waals surface area contributed by atoms with Gasteiger partial charge in [0.1, 0.15) is 0 Å². The number of aryl methyl sites for hydroxylation is 3. The molecule has 2 aliphatic carbocycles. The van der Waals surface area contributed by atoms with Crippen molar-refractivity contribution in [3.63, 3.8) is 0 Å². The van der Waals surface area contributed by atoms with Gasteiger partial charge in [0, 0.05) is 44.0 Å². The number of hydrogen-bond donors (Lipinski definition) is 0. The average molecular weight is 348 g/mol. The molecule has 1 atom stereocenters. The van der Waals surface area contributed by atoms with E-state index in [9.17, 15) is 4.79 Å². The SMILES string of the molecule is Cn1cc2c(n1)CCC(N(C(=O)c1cccc3ccn(C)c13)C1CC1)C2. The van der Waals surface area contributed by atoms with Gasteiger partial charge in [-0.3, -0.25) is 9.48 Å². The standard InChI is InChI=1S/C21H24N4O/c1-23-11-10-14-4-3-5-18(20(14)23)21(26)25(16-6-7-16)17-8-9-19-15(12-17)13-24(2)22-19/h3-5,10-11,13,16-17H,6-9,12H2,1-2H3. The van der Waals surface area contributed by atoms with Gasteiger partial charge in [0.05, 0.1) is 16.8 Å². The summed E-state index contributed by atoms with van der Waals surface area (Å²) in [5.41, 5.74) is 4.38. The molecule has 2 aromatic heterocycles. The Labute approximate surface area is 153 Å². The van der Waals surface area contributed by atoms with Crippen molar-refractivity contribution in [3.05, 3.63) is 53.5 Å². The van der Waals surface area contributed by atoms with Crippen LogP contribution in [0.1, 0.15) is 40.9 Å². The van der Waals surface area contributed by atoms with Gasteiger partial charge in [-0.15, -0.1) is 0 Å². The highest BCUT2D eigenvalue weighted by Gasteiger charge is 2.40. The third-order valence-electron chi connectivity index (χ3n) is 5.86. The topological polar surface area (TPSA) is 43.1 Å². The van der Waals surface area contributed by atoms with Gasteiger partial charge in [0.15, 0.2) is 0 Å². The van der Waals surface area contributed by atoms with Gasteiger partial charge in [-0.25, -0.2) is 0 Å². The fraction of sp³-hybridized carbons (Fsp3) is 0.429. The summed E-state index contributed by atoms with van der Waals surface area (Å²) < 4.78 is 3.97. The fourth-order valence-corrected chi connectivity index (χ4v) is 4.51. The lowest BCUT2D eigenvalue weighted by atomic mass is 9.91. The van der Waals surface area contributed by atoms with Gasteiger partial charge in [-0.1, -0.05) is 12.1 Å². The highest BCUT2D eigenvalue weighted by Crippen LogP contribution is 2.35. The van der Waals surface area contributed by atoms with Crippen LogP contribution >= 0.6 is 0 Å². The summed E-state index contributed by atoms with van der Waals surface area (Å²) >= 11 is 0. The van der Waals surface area contributed by atoms with Crippen molar-refractivity contribution in [2.75, 3.05) is 0 Å². The van der Waals surface area contributed by atoms with Gasteiger partial charge in [0.2, 0.25) is 0 Å². The minimum absolute atomic E-state index is 0.192. The summed E-state index contributed by atoms with van der Waals surface area (Å²) in [6.45, 7) is 0. The number of carbonyl (C=O) groups is 1. The number of para-hydroxylation sites is 1. The van der Waals surface area contributed by atoms with Crippen LogP contribution in [0.2, 0.25) is 0 Å². The maximum Gasteiger partial charge on any atom is 0.256 e. The lowest BCUT2D eigenvalue weighted by Gasteiger charge is -2.34. The number of fused-ring (bicyclic) bond motifs is 2. The van der Waals surface area contributed by atoms with Crippen LogP contribution in [-0.4, -0.2) is 37.2 Å². The van der Waals surface area contributed by atoms with Crippen LogP contribution in [0.5, 0.6) is 0 Å². The summed E-state index contributed by atoms with van der Waals surface area (Å²) in [5, 5.41) is 5.70. The molecule has 0 N–H and O–H groups in total. The first-order chi connectivity index (χ1) is 12.6. The molecular formula is C21H24N4O. The Balaban J connectivity index is 1.51. The molecule has 134 valence electrons. The van der Waals surface area contributed by atoms with E-state index in [0.717, 1.165) is 48.6 Å². The zero-order valence-electron chi connectivity index (χ0n) is 15.4. The molecule has 5 rings (SSSR count). The number of hydrogen-bond acceptors (Lipinski definition) is 2. The predicted octanol–water partition coefficient (Wildman–Crippen LogP) is 3.07. The Morgan fingerprint density at radius 3 is 2.81 bits per heavy atom. The fourth-order valence-electron chi connectivity index (χ4n) is 4.51. The van der Waals surface area contributed by atoms with E-state index in [4.69, 9.17) is 0 Å². The second kappa shape index (κ2) is 5.73. The van der Waals surface area contributed by atoms with Gasteiger partial charge in [-0.05, 0) is 49.8 Å². The Morgan fingerprint density at radius 1 is 1.15 bits per heavy atom. The molecular weight excluding hydrogens is 324 g/mol. The Hall–Kier alpha value is -2.56. The quantitative estimate of drug-likeness (QED) is 0.730. The van der Waals surface area contributed by atoms with Crippen LogP contribution in [0, 0.1) is 0 Å². The molecule has 0 spiro atoms. The van der Waals surface area contributed by atoms with Crippen molar-refractivity contribution in [2.24, 2.45) is 14.1 Å². The van der Waals surface area contributed by atoms with E-state index in [1.807, 2.05) is 37.1 Å². The molecule has 1 saturated carbocycles. The summed E-state index contributed by atoms with van der Waals surface area (Å²) in [7, 11) is 4.00. The van der Waals surface area contributed by atoms with Crippen molar-refractivity contribution in [1.29, 1.82) is 0 Å². The van der Waals surface area contributed by atoms with Crippen LogP contribution < -0.4 is 0 Å². The monoisotopic (exact) mass is 348 g/mol. The van der Waals surface area contributed by atoms with E-state index in [2.05, 4.69) is 32.9 Å². The minimum Gasteiger partial charge on any atom is -0.350 e. The molecule has 0 saturated heterocycles. The molecule has 1 unspecified atom stereocenters. The molecule has 3 aromatic rings. The average Bonchev–Trinajstić information content (AvgIpc) is 3.28. The number of rotatable bonds is 3. The lowest BCUT2D eigenvalue weighted by molar-refractivity contribution is 0.0644. The first-order valence-corrected chi connectivity index (χ1v) is 9.50. The van der Waals surface area contributed by atoms with Crippen LogP contribution in [0.4, 0.5) is 0 Å². The van der Waals surface area contributed by atoms with E-state index < -0.39 is 0 Å². The van der Waals surface area contributed by atoms with Crippen LogP contribution in [0.15, 0.2) is 36.7 Å². The molecule has 1 amide bonds. The molecule has 5 heteroatoms. The van der Waals surface area contributed by atoms with Gasteiger partial charge in [0.25, 0.3) is 5.91 Å². The Bertz CT molecular complexity index is 995. The van der Waals surface area contributed by atoms with Crippen molar-refractivity contribution in [2.45, 2.75) is 44.2 Å². The largest absolute Gasteiger partial charge is 0.350 e. The molecule has 5 nitrogen and oxygen atoms in total. The first-order valence-electron chi connectivity index (χ1n) is 9.50. The van der Waals surface area contributed by atoms with E-state index in [0.29, 0.717) is 6.04 Å². The molecule has 0 aliphatic heterocycles. The molecule has 1 aromatic carbocycles. The maximum atomic E-state index is 13.6. The summed E-state index contributed by atoms with van der Waals surface area (Å²) in [6, 6.07) is 8.83. The third-order valence-corrected chi connectivity index (χ3v) is 5.86. The van der Waals surface area contributed by atoms with E-state index in [1.165, 1.54) is 11.3 Å². The van der Waals surface area contributed by atoms with E-state index in [-0.39, 0.29) is 11.9 Å². The zero-order chi connectivity index (χ0) is 17.8. The molecule has 0 bridgehead atoms. The Morgan fingerprint density at radius 2 is 2.00 bits per heavy atom. The highest BCUT2D eigenvalue weighted by atomic mass is 16.2. The normalized spacial score (nSPS) is 19.5. The number of amides is 1. The molecule has 0 radical (unpaired) electrons. The highest BCUT2D eigenvalue weighted by molar-refractivity contribution is 6.06. The summed E-state index contributed by atoms with van der Waals surface area (Å²) in [4.78, 5) is 15.8. The molecule has 26 heavy (non-hydrogen) atoms. The maximum absolute atomic E-state index is 13.6. The second-order valence-electron chi connectivity index (χ2n) is 7.78. The van der Waals surface area contributed by atoms with Gasteiger partial charge >= 0.3 is 0 Å². The van der Waals surface area contributed by atoms with Crippen molar-refractivity contribution in [1.82, 2.24) is 19.2 Å². The number of aromatic nitrogens is 3. The van der Waals surface area contributed by atoms with E-state index in [1.54, 1.807) is 0 Å². The number of benzene rings is 1. The van der Waals surface area contributed by atoms with Gasteiger partial charge in [-0.2, -0.15) is 5.10 Å². The second-order valence-corrected chi connectivity index (χ2v) is 7.78. The van der Waals surface area contributed by atoms with Crippen LogP contribution in [-0.2, 0) is 26.9 Å². The minimum atomic E-state index is 0.192. The summed E-state index contributed by atoms with van der Waals surface area (Å²) in [6.07, 6.45) is 9.31. The van der Waals surface area contributed by atoms with Crippen molar-refractivity contribution >= 4 is 16.8 Å². The smallest absolute Gasteiger partial charge is 0.256 e. The van der Waals surface area contributed by atoms with Crippen LogP contribution in [0.25, 0.3) is 10.9 Å². The van der Waals surface area contributed by atoms with Crippen molar-refractivity contribution < 1.29 is 4.79 Å². The molecule has 2 heterocycles. The first kappa shape index (κ1) is 15.7. The predicted molar refractivity (Wildman–Crippen MR) is 101 cm³/mol. The van der Waals surface area contributed by atoms with Gasteiger partial charge < -0.3 is 9.47 Å². The summed E-state index contributed by atoms with van der Waals surface area (Å²) in [5.74, 6) is 0.192. The number of nitrogens with zero attached hydrogens (tertiary/aromatic N) is 4.